The van der Waals surface area contributed by atoms with Crippen molar-refractivity contribution < 1.29 is 4.74 Å². The number of halogens is 1. The van der Waals surface area contributed by atoms with E-state index in [0.29, 0.717) is 12.6 Å². The van der Waals surface area contributed by atoms with Gasteiger partial charge in [0.1, 0.15) is 17.9 Å². The van der Waals surface area contributed by atoms with Crippen molar-refractivity contribution in [3.63, 3.8) is 0 Å². The van der Waals surface area contributed by atoms with Crippen LogP contribution in [0, 0.1) is 0 Å². The molecule has 1 aromatic carbocycles. The number of anilines is 1. The van der Waals surface area contributed by atoms with E-state index < -0.39 is 0 Å². The van der Waals surface area contributed by atoms with E-state index in [2.05, 4.69) is 45.2 Å². The van der Waals surface area contributed by atoms with Crippen molar-refractivity contribution in [2.45, 2.75) is 26.4 Å². The molecule has 0 fully saturated rings. The molecule has 19 heavy (non-hydrogen) atoms. The van der Waals surface area contributed by atoms with E-state index in [1.165, 1.54) is 0 Å². The van der Waals surface area contributed by atoms with Gasteiger partial charge < -0.3 is 10.1 Å². The Bertz CT molecular complexity index is 553. The van der Waals surface area contributed by atoms with Gasteiger partial charge in [-0.15, -0.1) is 0 Å². The summed E-state index contributed by atoms with van der Waals surface area (Å²) in [4.78, 5) is 4.27. The Morgan fingerprint density at radius 3 is 2.89 bits per heavy atom. The zero-order valence-corrected chi connectivity index (χ0v) is 12.8. The third-order valence-electron chi connectivity index (χ3n) is 2.73. The molecule has 0 radical (unpaired) electrons. The minimum atomic E-state index is 0.295. The van der Waals surface area contributed by atoms with E-state index in [4.69, 9.17) is 4.74 Å². The minimum absolute atomic E-state index is 0.295. The van der Waals surface area contributed by atoms with Crippen molar-refractivity contribution >= 4 is 21.6 Å². The molecular formula is C13H17BrN4O. The van der Waals surface area contributed by atoms with Crippen LogP contribution in [0.5, 0.6) is 5.75 Å². The summed E-state index contributed by atoms with van der Waals surface area (Å²) in [5.74, 6) is 1.70. The number of nitrogens with zero attached hydrogens (tertiary/aromatic N) is 3. The van der Waals surface area contributed by atoms with Gasteiger partial charge in [-0.1, -0.05) is 15.9 Å². The Labute approximate surface area is 121 Å². The van der Waals surface area contributed by atoms with E-state index in [0.717, 1.165) is 21.7 Å². The highest BCUT2D eigenvalue weighted by atomic mass is 79.9. The maximum absolute atomic E-state index is 5.32. The fourth-order valence-corrected chi connectivity index (χ4v) is 2.19. The molecule has 2 aromatic rings. The van der Waals surface area contributed by atoms with Crippen LogP contribution in [-0.2, 0) is 6.54 Å². The van der Waals surface area contributed by atoms with Crippen LogP contribution in [0.25, 0.3) is 0 Å². The van der Waals surface area contributed by atoms with Crippen LogP contribution in [0.3, 0.4) is 0 Å². The lowest BCUT2D eigenvalue weighted by Gasteiger charge is -2.13. The van der Waals surface area contributed by atoms with Gasteiger partial charge in [-0.05, 0) is 32.0 Å². The molecule has 0 saturated carbocycles. The Balaban J connectivity index is 2.14. The summed E-state index contributed by atoms with van der Waals surface area (Å²) in [5, 5.41) is 7.54. The summed E-state index contributed by atoms with van der Waals surface area (Å²) in [7, 11) is 1.66. The van der Waals surface area contributed by atoms with E-state index in [1.807, 2.05) is 22.9 Å². The molecule has 0 amide bonds. The first kappa shape index (κ1) is 13.9. The molecule has 0 unspecified atom stereocenters. The Morgan fingerprint density at radius 1 is 1.42 bits per heavy atom. The predicted molar refractivity (Wildman–Crippen MR) is 78.4 cm³/mol. The molecule has 0 bridgehead atoms. The molecule has 102 valence electrons. The van der Waals surface area contributed by atoms with Gasteiger partial charge in [0.05, 0.1) is 19.3 Å². The number of aromatic nitrogens is 3. The first-order valence-corrected chi connectivity index (χ1v) is 6.87. The Kier molecular flexibility index (Phi) is 4.42. The standard InChI is InChI=1S/C13H17BrN4O/c1-9(2)18-13(16-8-17-18)7-15-11-6-10(14)4-5-12(11)19-3/h4-6,8-9,15H,7H2,1-3H3. The normalized spacial score (nSPS) is 10.8. The van der Waals surface area contributed by atoms with E-state index in [9.17, 15) is 0 Å². The zero-order chi connectivity index (χ0) is 13.8. The van der Waals surface area contributed by atoms with E-state index >= 15 is 0 Å². The summed E-state index contributed by atoms with van der Waals surface area (Å²) in [6.07, 6.45) is 1.58. The maximum Gasteiger partial charge on any atom is 0.146 e. The van der Waals surface area contributed by atoms with E-state index in [-0.39, 0.29) is 0 Å². The summed E-state index contributed by atoms with van der Waals surface area (Å²) < 4.78 is 8.22. The lowest BCUT2D eigenvalue weighted by Crippen LogP contribution is -2.12. The van der Waals surface area contributed by atoms with Gasteiger partial charge in [0, 0.05) is 10.5 Å². The molecule has 0 aliphatic carbocycles. The molecule has 1 heterocycles. The van der Waals surface area contributed by atoms with Crippen molar-refractivity contribution in [2.24, 2.45) is 0 Å². The fourth-order valence-electron chi connectivity index (χ4n) is 1.82. The molecule has 5 nitrogen and oxygen atoms in total. The second kappa shape index (κ2) is 6.06. The summed E-state index contributed by atoms with van der Waals surface area (Å²) in [6.45, 7) is 4.76. The van der Waals surface area contributed by atoms with Crippen molar-refractivity contribution in [1.82, 2.24) is 14.8 Å². The van der Waals surface area contributed by atoms with Crippen LogP contribution in [-0.4, -0.2) is 21.9 Å². The number of methoxy groups -OCH3 is 1. The first-order chi connectivity index (χ1) is 9.11. The average molecular weight is 325 g/mol. The molecule has 0 aliphatic rings. The number of nitrogens with one attached hydrogen (secondary N) is 1. The van der Waals surface area contributed by atoms with Crippen LogP contribution < -0.4 is 10.1 Å². The predicted octanol–water partition coefficient (Wildman–Crippen LogP) is 3.24. The molecule has 0 atom stereocenters. The fraction of sp³-hybridized carbons (Fsp3) is 0.385. The molecule has 1 aromatic heterocycles. The third kappa shape index (κ3) is 3.26. The van der Waals surface area contributed by atoms with E-state index in [1.54, 1.807) is 13.4 Å². The Morgan fingerprint density at radius 2 is 2.21 bits per heavy atom. The van der Waals surface area contributed by atoms with Gasteiger partial charge in [-0.25, -0.2) is 9.67 Å². The van der Waals surface area contributed by atoms with Crippen LogP contribution in [0.1, 0.15) is 25.7 Å². The molecule has 0 spiro atoms. The lowest BCUT2D eigenvalue weighted by atomic mass is 10.3. The maximum atomic E-state index is 5.32. The zero-order valence-electron chi connectivity index (χ0n) is 11.2. The first-order valence-electron chi connectivity index (χ1n) is 6.07. The number of rotatable bonds is 5. The quantitative estimate of drug-likeness (QED) is 0.917. The molecule has 2 rings (SSSR count). The number of hydrogen-bond acceptors (Lipinski definition) is 4. The van der Waals surface area contributed by atoms with Crippen molar-refractivity contribution in [3.05, 3.63) is 34.8 Å². The highest BCUT2D eigenvalue weighted by molar-refractivity contribution is 9.10. The molecule has 0 aliphatic heterocycles. The topological polar surface area (TPSA) is 52.0 Å². The van der Waals surface area contributed by atoms with Crippen molar-refractivity contribution in [2.75, 3.05) is 12.4 Å². The van der Waals surface area contributed by atoms with Crippen LogP contribution in [0.4, 0.5) is 5.69 Å². The smallest absolute Gasteiger partial charge is 0.146 e. The van der Waals surface area contributed by atoms with Crippen molar-refractivity contribution in [3.8, 4) is 5.75 Å². The van der Waals surface area contributed by atoms with Crippen LogP contribution >= 0.6 is 15.9 Å². The number of ether oxygens (including phenoxy) is 1. The van der Waals surface area contributed by atoms with Gasteiger partial charge in [-0.3, -0.25) is 0 Å². The molecule has 0 saturated heterocycles. The Hall–Kier alpha value is -1.56. The summed E-state index contributed by atoms with van der Waals surface area (Å²) in [5.41, 5.74) is 0.926. The lowest BCUT2D eigenvalue weighted by molar-refractivity contribution is 0.416. The second-order valence-electron chi connectivity index (χ2n) is 4.41. The van der Waals surface area contributed by atoms with Gasteiger partial charge >= 0.3 is 0 Å². The molecule has 1 N–H and O–H groups in total. The average Bonchev–Trinajstić information content (AvgIpc) is 2.85. The number of benzene rings is 1. The second-order valence-corrected chi connectivity index (χ2v) is 5.33. The van der Waals surface area contributed by atoms with Crippen molar-refractivity contribution in [1.29, 1.82) is 0 Å². The largest absolute Gasteiger partial charge is 0.495 e. The van der Waals surface area contributed by atoms with Gasteiger partial charge in [0.15, 0.2) is 0 Å². The minimum Gasteiger partial charge on any atom is -0.495 e. The van der Waals surface area contributed by atoms with Gasteiger partial charge in [-0.2, -0.15) is 5.10 Å². The van der Waals surface area contributed by atoms with Crippen LogP contribution in [0.2, 0.25) is 0 Å². The monoisotopic (exact) mass is 324 g/mol. The molecule has 6 heteroatoms. The summed E-state index contributed by atoms with van der Waals surface area (Å²) >= 11 is 3.45. The molecular weight excluding hydrogens is 308 g/mol. The summed E-state index contributed by atoms with van der Waals surface area (Å²) in [6, 6.07) is 6.14. The highest BCUT2D eigenvalue weighted by Crippen LogP contribution is 2.28. The third-order valence-corrected chi connectivity index (χ3v) is 3.23. The van der Waals surface area contributed by atoms with Gasteiger partial charge in [0.2, 0.25) is 0 Å². The number of hydrogen-bond donors (Lipinski definition) is 1. The van der Waals surface area contributed by atoms with Crippen LogP contribution in [0.15, 0.2) is 29.0 Å². The highest BCUT2D eigenvalue weighted by Gasteiger charge is 2.09. The SMILES string of the molecule is COc1ccc(Br)cc1NCc1ncnn1C(C)C. The van der Waals surface area contributed by atoms with Gasteiger partial charge in [0.25, 0.3) is 0 Å².